The van der Waals surface area contributed by atoms with E-state index in [0.717, 1.165) is 11.3 Å². The lowest BCUT2D eigenvalue weighted by molar-refractivity contribution is -0.129. The molecule has 1 saturated heterocycles. The largest absolute Gasteiger partial charge is 0.494 e. The normalized spacial score (nSPS) is 18.2. The minimum atomic E-state index is -0.538. The van der Waals surface area contributed by atoms with Crippen LogP contribution < -0.4 is 10.1 Å². The molecule has 1 aliphatic heterocycles. The van der Waals surface area contributed by atoms with Crippen molar-refractivity contribution >= 4 is 40.1 Å². The van der Waals surface area contributed by atoms with Gasteiger partial charge in [-0.1, -0.05) is 36.0 Å². The molecule has 0 bridgehead atoms. The van der Waals surface area contributed by atoms with Gasteiger partial charge in [-0.15, -0.1) is 0 Å². The van der Waals surface area contributed by atoms with Crippen molar-refractivity contribution in [3.05, 3.63) is 54.1 Å². The van der Waals surface area contributed by atoms with E-state index >= 15 is 0 Å². The van der Waals surface area contributed by atoms with Crippen LogP contribution in [-0.2, 0) is 9.59 Å². The summed E-state index contributed by atoms with van der Waals surface area (Å²) >= 11 is 1.30. The fourth-order valence-electron chi connectivity index (χ4n) is 2.92. The van der Waals surface area contributed by atoms with E-state index in [1.165, 1.54) is 11.8 Å². The Hall–Kier alpha value is -2.80. The van der Waals surface area contributed by atoms with E-state index < -0.39 is 5.25 Å². The third-order valence-electron chi connectivity index (χ3n) is 4.34. The highest BCUT2D eigenvalue weighted by molar-refractivity contribution is 8.15. The Morgan fingerprint density at radius 1 is 1.29 bits per heavy atom. The average molecular weight is 398 g/mol. The highest BCUT2D eigenvalue weighted by Gasteiger charge is 2.35. The van der Waals surface area contributed by atoms with Crippen molar-refractivity contribution in [1.82, 2.24) is 4.90 Å². The molecule has 6 nitrogen and oxygen atoms in total. The molecule has 2 amide bonds. The van der Waals surface area contributed by atoms with Crippen LogP contribution in [0.15, 0.2) is 53.5 Å². The van der Waals surface area contributed by atoms with E-state index in [9.17, 15) is 9.59 Å². The number of anilines is 1. The first kappa shape index (κ1) is 19.9. The number of carbonyl (C=O) groups excluding carboxylic acids is 2. The maximum absolute atomic E-state index is 12.8. The van der Waals surface area contributed by atoms with Gasteiger partial charge in [0.2, 0.25) is 11.8 Å². The molecule has 28 heavy (non-hydrogen) atoms. The number of hydrogen-bond donors (Lipinski definition) is 1. The number of rotatable bonds is 5. The molecule has 0 radical (unpaired) electrons. The van der Waals surface area contributed by atoms with Crippen LogP contribution in [0.1, 0.15) is 18.9 Å². The number of amides is 2. The second kappa shape index (κ2) is 8.93. The fourth-order valence-corrected chi connectivity index (χ4v) is 4.08. The molecule has 0 aromatic heterocycles. The number of hydrogen-bond acceptors (Lipinski definition) is 5. The molecule has 1 fully saturated rings. The molecular weight excluding hydrogens is 374 g/mol. The molecule has 1 atom stereocenters. The van der Waals surface area contributed by atoms with E-state index in [0.29, 0.717) is 23.1 Å². The summed E-state index contributed by atoms with van der Waals surface area (Å²) in [5.74, 6) is 0.303. The molecule has 1 heterocycles. The number of benzene rings is 2. The van der Waals surface area contributed by atoms with Crippen LogP contribution in [0.3, 0.4) is 0 Å². The van der Waals surface area contributed by atoms with E-state index in [4.69, 9.17) is 4.74 Å². The molecular formula is C21H23N3O3S. The standard InChI is InChI=1S/C21H23N3O3S/c1-4-24-19(25)13-18(20(26)22-15-9-7-8-14(2)12-15)28-21(24)23-16-10-5-6-11-17(16)27-3/h5-12,18H,4,13H2,1-3H3,(H,22,26)/t18-/m0/s1. The maximum atomic E-state index is 12.8. The number of carbonyl (C=O) groups is 2. The number of nitrogens with one attached hydrogen (secondary N) is 1. The Kier molecular flexibility index (Phi) is 6.36. The van der Waals surface area contributed by atoms with Crippen molar-refractivity contribution in [3.8, 4) is 5.75 Å². The van der Waals surface area contributed by atoms with Gasteiger partial charge in [-0.2, -0.15) is 0 Å². The van der Waals surface area contributed by atoms with Gasteiger partial charge in [-0.05, 0) is 43.7 Å². The second-order valence-corrected chi connectivity index (χ2v) is 7.54. The van der Waals surface area contributed by atoms with Crippen LogP contribution in [0.4, 0.5) is 11.4 Å². The average Bonchev–Trinajstić information content (AvgIpc) is 2.68. The van der Waals surface area contributed by atoms with Crippen molar-refractivity contribution < 1.29 is 14.3 Å². The predicted molar refractivity (Wildman–Crippen MR) is 113 cm³/mol. The zero-order chi connectivity index (χ0) is 20.1. The Labute approximate surface area is 169 Å². The van der Waals surface area contributed by atoms with Crippen LogP contribution in [-0.4, -0.2) is 40.8 Å². The minimum absolute atomic E-state index is 0.112. The van der Waals surface area contributed by atoms with Crippen LogP contribution in [0.2, 0.25) is 0 Å². The second-order valence-electron chi connectivity index (χ2n) is 6.37. The molecule has 0 spiro atoms. The molecule has 7 heteroatoms. The van der Waals surface area contributed by atoms with Gasteiger partial charge >= 0.3 is 0 Å². The molecule has 0 saturated carbocycles. The Morgan fingerprint density at radius 2 is 2.07 bits per heavy atom. The summed E-state index contributed by atoms with van der Waals surface area (Å²) in [5.41, 5.74) is 2.40. The Morgan fingerprint density at radius 3 is 2.79 bits per heavy atom. The highest BCUT2D eigenvalue weighted by Crippen LogP contribution is 2.33. The quantitative estimate of drug-likeness (QED) is 0.828. The van der Waals surface area contributed by atoms with E-state index in [-0.39, 0.29) is 18.2 Å². The smallest absolute Gasteiger partial charge is 0.238 e. The van der Waals surface area contributed by atoms with Gasteiger partial charge in [-0.25, -0.2) is 4.99 Å². The number of thioether (sulfide) groups is 1. The monoisotopic (exact) mass is 397 g/mol. The Balaban J connectivity index is 1.84. The summed E-state index contributed by atoms with van der Waals surface area (Å²) in [5, 5.41) is 2.87. The van der Waals surface area contributed by atoms with Crippen molar-refractivity contribution in [2.75, 3.05) is 19.0 Å². The topological polar surface area (TPSA) is 71.0 Å². The van der Waals surface area contributed by atoms with Crippen LogP contribution in [0, 0.1) is 6.92 Å². The first-order valence-electron chi connectivity index (χ1n) is 9.08. The van der Waals surface area contributed by atoms with E-state index in [1.807, 2.05) is 62.4 Å². The van der Waals surface area contributed by atoms with Crippen LogP contribution >= 0.6 is 11.8 Å². The summed E-state index contributed by atoms with van der Waals surface area (Å²) < 4.78 is 5.35. The zero-order valence-electron chi connectivity index (χ0n) is 16.1. The summed E-state index contributed by atoms with van der Waals surface area (Å²) in [6.07, 6.45) is 0.140. The van der Waals surface area contributed by atoms with Gasteiger partial charge < -0.3 is 10.1 Å². The Bertz CT molecular complexity index is 913. The molecule has 0 aliphatic carbocycles. The van der Waals surface area contributed by atoms with Gasteiger partial charge in [0.05, 0.1) is 7.11 Å². The SMILES string of the molecule is CCN1C(=O)C[C@@H](C(=O)Nc2cccc(C)c2)SC1=Nc1ccccc1OC. The minimum Gasteiger partial charge on any atom is -0.494 e. The fraction of sp³-hybridized carbons (Fsp3) is 0.286. The number of aryl methyl sites for hydroxylation is 1. The highest BCUT2D eigenvalue weighted by atomic mass is 32.2. The third kappa shape index (κ3) is 4.54. The van der Waals surface area contributed by atoms with Crippen molar-refractivity contribution in [2.24, 2.45) is 4.99 Å². The van der Waals surface area contributed by atoms with Gasteiger partial charge in [-0.3, -0.25) is 14.5 Å². The maximum Gasteiger partial charge on any atom is 0.238 e. The van der Waals surface area contributed by atoms with Crippen LogP contribution in [0.25, 0.3) is 0 Å². The van der Waals surface area contributed by atoms with Crippen molar-refractivity contribution in [1.29, 1.82) is 0 Å². The number of methoxy groups -OCH3 is 1. The zero-order valence-corrected chi connectivity index (χ0v) is 17.0. The number of ether oxygens (including phenoxy) is 1. The van der Waals surface area contributed by atoms with Gasteiger partial charge in [0.15, 0.2) is 5.17 Å². The first-order valence-corrected chi connectivity index (χ1v) is 9.96. The summed E-state index contributed by atoms with van der Waals surface area (Å²) in [7, 11) is 1.58. The van der Waals surface area contributed by atoms with E-state index in [1.54, 1.807) is 12.0 Å². The molecule has 2 aromatic rings. The number of nitrogens with zero attached hydrogens (tertiary/aromatic N) is 2. The van der Waals surface area contributed by atoms with Crippen LogP contribution in [0.5, 0.6) is 5.75 Å². The molecule has 146 valence electrons. The third-order valence-corrected chi connectivity index (χ3v) is 5.52. The lowest BCUT2D eigenvalue weighted by atomic mass is 10.2. The number of para-hydroxylation sites is 2. The lowest BCUT2D eigenvalue weighted by Gasteiger charge is -2.31. The number of aliphatic imine (C=N–C) groups is 1. The van der Waals surface area contributed by atoms with E-state index in [2.05, 4.69) is 10.3 Å². The lowest BCUT2D eigenvalue weighted by Crippen LogP contribution is -2.45. The van der Waals surface area contributed by atoms with Crippen molar-refractivity contribution in [3.63, 3.8) is 0 Å². The first-order chi connectivity index (χ1) is 13.5. The summed E-state index contributed by atoms with van der Waals surface area (Å²) in [6, 6.07) is 14.9. The summed E-state index contributed by atoms with van der Waals surface area (Å²) in [4.78, 5) is 31.6. The van der Waals surface area contributed by atoms with Gasteiger partial charge in [0, 0.05) is 18.7 Å². The van der Waals surface area contributed by atoms with Gasteiger partial charge in [0.25, 0.3) is 0 Å². The number of amidine groups is 1. The molecule has 2 aromatic carbocycles. The summed E-state index contributed by atoms with van der Waals surface area (Å²) in [6.45, 7) is 4.35. The van der Waals surface area contributed by atoms with Gasteiger partial charge in [0.1, 0.15) is 16.7 Å². The molecule has 1 N–H and O–H groups in total. The van der Waals surface area contributed by atoms with Crippen molar-refractivity contribution in [2.45, 2.75) is 25.5 Å². The molecule has 0 unspecified atom stereocenters. The predicted octanol–water partition coefficient (Wildman–Crippen LogP) is 3.98. The molecule has 1 aliphatic rings. The molecule has 3 rings (SSSR count).